The Kier molecular flexibility index (Phi) is 36.1. The number of unbranched alkanes of at least 4 members (excludes halogenated alkanes) is 19. The number of aliphatic hydroxyl groups excluding tert-OH is 8. The van der Waals surface area contributed by atoms with Crippen LogP contribution in [0, 0.1) is 0 Å². The highest BCUT2D eigenvalue weighted by Crippen LogP contribution is 2.30. The molecule has 14 heteroatoms. The van der Waals surface area contributed by atoms with E-state index in [2.05, 4.69) is 67.8 Å². The fourth-order valence-corrected chi connectivity index (χ4v) is 8.52. The first-order valence-electron chi connectivity index (χ1n) is 26.4. The summed E-state index contributed by atoms with van der Waals surface area (Å²) in [5.41, 5.74) is 0. The first-order valence-corrected chi connectivity index (χ1v) is 26.4. The number of allylic oxidation sites excluding steroid dienone is 8. The molecule has 0 aromatic heterocycles. The number of hydrogen-bond acceptors (Lipinski definition) is 13. The predicted molar refractivity (Wildman–Crippen MR) is 263 cm³/mol. The van der Waals surface area contributed by atoms with E-state index in [1.54, 1.807) is 0 Å². The van der Waals surface area contributed by atoms with Crippen LogP contribution in [0.3, 0.4) is 0 Å². The molecule has 0 spiro atoms. The Morgan fingerprint density at radius 1 is 0.552 bits per heavy atom. The third-order valence-corrected chi connectivity index (χ3v) is 12.8. The molecular weight excluding hydrogens is 859 g/mol. The van der Waals surface area contributed by atoms with Crippen molar-refractivity contribution >= 4 is 5.91 Å². The van der Waals surface area contributed by atoms with E-state index in [0.29, 0.717) is 12.8 Å². The Balaban J connectivity index is 1.83. The summed E-state index contributed by atoms with van der Waals surface area (Å²) in [7, 11) is 0. The molecule has 14 nitrogen and oxygen atoms in total. The molecule has 2 saturated heterocycles. The van der Waals surface area contributed by atoms with E-state index >= 15 is 0 Å². The second-order valence-corrected chi connectivity index (χ2v) is 18.6. The molecule has 0 aromatic rings. The maximum atomic E-state index is 13.2. The van der Waals surface area contributed by atoms with Crippen LogP contribution in [-0.2, 0) is 23.7 Å². The first kappa shape index (κ1) is 61.1. The van der Waals surface area contributed by atoms with Gasteiger partial charge in [-0.15, -0.1) is 0 Å². The maximum Gasteiger partial charge on any atom is 0.220 e. The molecule has 0 aliphatic carbocycles. The number of carbonyl (C=O) groups excluding carboxylic acids is 1. The normalized spacial score (nSPS) is 27.0. The van der Waals surface area contributed by atoms with Crippen molar-refractivity contribution in [3.8, 4) is 0 Å². The minimum absolute atomic E-state index is 0.248. The summed E-state index contributed by atoms with van der Waals surface area (Å²) < 4.78 is 22.7. The van der Waals surface area contributed by atoms with Crippen molar-refractivity contribution in [3.63, 3.8) is 0 Å². The summed E-state index contributed by atoms with van der Waals surface area (Å²) in [5, 5.41) is 86.9. The van der Waals surface area contributed by atoms with Gasteiger partial charge >= 0.3 is 0 Å². The van der Waals surface area contributed by atoms with Gasteiger partial charge < -0.3 is 65.1 Å². The Labute approximate surface area is 403 Å². The average Bonchev–Trinajstić information content (AvgIpc) is 3.32. The lowest BCUT2D eigenvalue weighted by atomic mass is 9.97. The van der Waals surface area contributed by atoms with Crippen LogP contribution in [0.1, 0.15) is 187 Å². The molecule has 2 rings (SSSR count). The van der Waals surface area contributed by atoms with Crippen molar-refractivity contribution in [2.24, 2.45) is 0 Å². The second kappa shape index (κ2) is 39.6. The van der Waals surface area contributed by atoms with Crippen molar-refractivity contribution in [2.45, 2.75) is 261 Å². The van der Waals surface area contributed by atoms with Gasteiger partial charge in [-0.1, -0.05) is 178 Å². The first-order chi connectivity index (χ1) is 32.6. The molecule has 2 aliphatic rings. The molecule has 390 valence electrons. The summed E-state index contributed by atoms with van der Waals surface area (Å²) in [6.45, 7) is 2.70. The Morgan fingerprint density at radius 2 is 1.03 bits per heavy atom. The molecule has 2 aliphatic heterocycles. The molecule has 12 unspecified atom stereocenters. The number of ether oxygens (including phenoxy) is 4. The predicted octanol–water partition coefficient (Wildman–Crippen LogP) is 7.27. The van der Waals surface area contributed by atoms with Crippen LogP contribution in [-0.4, -0.2) is 140 Å². The summed E-state index contributed by atoms with van der Waals surface area (Å²) in [6, 6.07) is -0.851. The van der Waals surface area contributed by atoms with Crippen LogP contribution in [0.5, 0.6) is 0 Å². The van der Waals surface area contributed by atoms with Gasteiger partial charge in [0.1, 0.15) is 48.8 Å². The summed E-state index contributed by atoms with van der Waals surface area (Å²) in [6.07, 6.45) is 29.7. The standard InChI is InChI=1S/C53H95NO13/c1-3-5-7-9-11-13-15-17-19-20-21-23-24-26-28-30-32-34-36-42(57)41(54-45(58)37-35-33-31-29-27-25-22-18-16-14-12-10-8-6-4-2)40-64-52-50(63)48(61)51(44(39-56)66-52)67-53-49(62)47(60)46(59)43(38-55)65-53/h6,8,12,14,18,22,27,29,41-44,46-53,55-57,59-63H,3-5,7,9-11,13,15-17,19-21,23-26,28,30-40H2,1-2H3,(H,54,58)/b8-6-,14-12-,22-18-,29-27-. The molecule has 9 N–H and O–H groups in total. The molecule has 0 bridgehead atoms. The molecule has 12 atom stereocenters. The lowest BCUT2D eigenvalue weighted by molar-refractivity contribution is -0.359. The zero-order chi connectivity index (χ0) is 48.9. The number of amides is 1. The largest absolute Gasteiger partial charge is 0.394 e. The van der Waals surface area contributed by atoms with E-state index < -0.39 is 86.8 Å². The third kappa shape index (κ3) is 26.7. The van der Waals surface area contributed by atoms with Gasteiger partial charge in [0.15, 0.2) is 12.6 Å². The minimum Gasteiger partial charge on any atom is -0.394 e. The van der Waals surface area contributed by atoms with E-state index in [9.17, 15) is 45.6 Å². The van der Waals surface area contributed by atoms with E-state index in [0.717, 1.165) is 64.2 Å². The molecule has 0 saturated carbocycles. The lowest BCUT2D eigenvalue weighted by Crippen LogP contribution is -2.65. The van der Waals surface area contributed by atoms with Crippen LogP contribution in [0.25, 0.3) is 0 Å². The Morgan fingerprint density at radius 3 is 1.55 bits per heavy atom. The van der Waals surface area contributed by atoms with E-state index in [1.165, 1.54) is 89.9 Å². The molecule has 1 amide bonds. The second-order valence-electron chi connectivity index (χ2n) is 18.6. The Bertz CT molecular complexity index is 1310. The molecule has 0 aromatic carbocycles. The number of aliphatic hydroxyl groups is 8. The maximum absolute atomic E-state index is 13.2. The van der Waals surface area contributed by atoms with Gasteiger partial charge in [0.05, 0.1) is 32.0 Å². The SMILES string of the molecule is CC/C=C\C/C=C\C/C=C\C/C=C\CCCCC(=O)NC(COC1OC(CO)C(OC2OC(CO)C(O)C(O)C2O)C(O)C1O)C(O)CCCCCCCCCCCCCCCCCCCC. The van der Waals surface area contributed by atoms with E-state index in [-0.39, 0.29) is 18.9 Å². The smallest absolute Gasteiger partial charge is 0.220 e. The number of rotatable bonds is 40. The molecule has 2 heterocycles. The van der Waals surface area contributed by atoms with Crippen molar-refractivity contribution in [1.82, 2.24) is 5.32 Å². The highest BCUT2D eigenvalue weighted by atomic mass is 16.7. The van der Waals surface area contributed by atoms with Gasteiger partial charge in [-0.2, -0.15) is 0 Å². The minimum atomic E-state index is -1.79. The molecule has 0 radical (unpaired) electrons. The van der Waals surface area contributed by atoms with E-state index in [1.807, 2.05) is 0 Å². The fourth-order valence-electron chi connectivity index (χ4n) is 8.52. The summed E-state index contributed by atoms with van der Waals surface area (Å²) in [5.74, 6) is -0.248. The van der Waals surface area contributed by atoms with Crippen molar-refractivity contribution < 1.29 is 64.6 Å². The molecular formula is C53H95NO13. The average molecular weight is 954 g/mol. The zero-order valence-electron chi connectivity index (χ0n) is 41.4. The topological polar surface area (TPSA) is 228 Å². The highest BCUT2D eigenvalue weighted by molar-refractivity contribution is 5.76. The summed E-state index contributed by atoms with van der Waals surface area (Å²) in [4.78, 5) is 13.2. The van der Waals surface area contributed by atoms with Gasteiger partial charge in [0.25, 0.3) is 0 Å². The zero-order valence-corrected chi connectivity index (χ0v) is 41.4. The number of hydrogen-bond donors (Lipinski definition) is 9. The van der Waals surface area contributed by atoms with Crippen LogP contribution >= 0.6 is 0 Å². The van der Waals surface area contributed by atoms with Gasteiger partial charge in [-0.05, 0) is 51.4 Å². The van der Waals surface area contributed by atoms with E-state index in [4.69, 9.17) is 18.9 Å². The monoisotopic (exact) mass is 954 g/mol. The molecule has 2 fully saturated rings. The number of carbonyl (C=O) groups is 1. The van der Waals surface area contributed by atoms with Gasteiger partial charge in [-0.25, -0.2) is 0 Å². The highest BCUT2D eigenvalue weighted by Gasteiger charge is 2.51. The van der Waals surface area contributed by atoms with Crippen molar-refractivity contribution in [2.75, 3.05) is 19.8 Å². The van der Waals surface area contributed by atoms with Gasteiger partial charge in [0, 0.05) is 6.42 Å². The fraction of sp³-hybridized carbons (Fsp3) is 0.830. The number of nitrogens with one attached hydrogen (secondary N) is 1. The van der Waals surface area contributed by atoms with Gasteiger partial charge in [0.2, 0.25) is 5.91 Å². The van der Waals surface area contributed by atoms with Crippen LogP contribution in [0.4, 0.5) is 0 Å². The quantitative estimate of drug-likeness (QED) is 0.0218. The lowest BCUT2D eigenvalue weighted by Gasteiger charge is -2.46. The summed E-state index contributed by atoms with van der Waals surface area (Å²) >= 11 is 0. The van der Waals surface area contributed by atoms with Gasteiger partial charge in [-0.3, -0.25) is 4.79 Å². The van der Waals surface area contributed by atoms with Crippen LogP contribution in [0.15, 0.2) is 48.6 Å². The Hall–Kier alpha value is -2.05. The van der Waals surface area contributed by atoms with Crippen LogP contribution < -0.4 is 5.32 Å². The van der Waals surface area contributed by atoms with Crippen LogP contribution in [0.2, 0.25) is 0 Å². The molecule has 67 heavy (non-hydrogen) atoms. The van der Waals surface area contributed by atoms with Crippen molar-refractivity contribution in [3.05, 3.63) is 48.6 Å². The third-order valence-electron chi connectivity index (χ3n) is 12.8. The van der Waals surface area contributed by atoms with Crippen molar-refractivity contribution in [1.29, 1.82) is 0 Å².